The molecule has 0 spiro atoms. The van der Waals surface area contributed by atoms with Gasteiger partial charge in [0.15, 0.2) is 6.10 Å². The summed E-state index contributed by atoms with van der Waals surface area (Å²) in [5.74, 6) is 0.293. The van der Waals surface area contributed by atoms with Gasteiger partial charge in [-0.05, 0) is 17.7 Å². The lowest BCUT2D eigenvalue weighted by Gasteiger charge is -2.17. The molecule has 0 N–H and O–H groups in total. The molecule has 3 nitrogen and oxygen atoms in total. The molecule has 19 heavy (non-hydrogen) atoms. The molecular weight excluding hydrogens is 240 g/mol. The van der Waals surface area contributed by atoms with Crippen LogP contribution in [0, 0.1) is 0 Å². The number of para-hydroxylation sites is 1. The van der Waals surface area contributed by atoms with Crippen LogP contribution in [0.25, 0.3) is 0 Å². The van der Waals surface area contributed by atoms with Crippen LogP contribution in [-0.4, -0.2) is 19.2 Å². The fraction of sp³-hybridized carbons (Fsp3) is 0.188. The van der Waals surface area contributed by atoms with Gasteiger partial charge in [0, 0.05) is 6.42 Å². The fourth-order valence-corrected chi connectivity index (χ4v) is 1.80. The first-order valence-corrected chi connectivity index (χ1v) is 6.13. The third kappa shape index (κ3) is 3.85. The first-order chi connectivity index (χ1) is 9.29. The molecule has 1 atom stereocenters. The van der Waals surface area contributed by atoms with Gasteiger partial charge in [0.25, 0.3) is 0 Å². The van der Waals surface area contributed by atoms with Gasteiger partial charge in [0.05, 0.1) is 7.11 Å². The molecule has 0 aliphatic heterocycles. The number of hydrogen-bond donors (Lipinski definition) is 0. The van der Waals surface area contributed by atoms with Crippen LogP contribution in [0.15, 0.2) is 60.7 Å². The van der Waals surface area contributed by atoms with Crippen molar-refractivity contribution in [2.24, 2.45) is 0 Å². The zero-order chi connectivity index (χ0) is 13.5. The maximum atomic E-state index is 11.8. The Bertz CT molecular complexity index is 467. The third-order valence-corrected chi connectivity index (χ3v) is 2.75. The van der Waals surface area contributed by atoms with E-state index in [9.17, 15) is 4.79 Å². The van der Waals surface area contributed by atoms with E-state index in [-0.39, 0.29) is 5.97 Å². The molecule has 0 amide bonds. The third-order valence-electron chi connectivity index (χ3n) is 2.75. The van der Waals surface area contributed by atoms with E-state index in [1.807, 2.05) is 60.7 Å². The molecule has 2 rings (SSSR count). The van der Waals surface area contributed by atoms with Gasteiger partial charge in [-0.3, -0.25) is 0 Å². The molecule has 0 bridgehead atoms. The molecule has 98 valence electrons. The van der Waals surface area contributed by atoms with Crippen molar-refractivity contribution >= 4 is 5.97 Å². The second-order valence-electron chi connectivity index (χ2n) is 4.13. The normalized spacial score (nSPS) is 11.6. The Kier molecular flexibility index (Phi) is 4.56. The Labute approximate surface area is 112 Å². The molecule has 0 aliphatic rings. The Morgan fingerprint density at radius 1 is 1.00 bits per heavy atom. The van der Waals surface area contributed by atoms with E-state index in [1.54, 1.807) is 0 Å². The van der Waals surface area contributed by atoms with Gasteiger partial charge in [-0.2, -0.15) is 0 Å². The first kappa shape index (κ1) is 13.1. The monoisotopic (exact) mass is 256 g/mol. The molecule has 3 heteroatoms. The van der Waals surface area contributed by atoms with Crippen molar-refractivity contribution in [3.05, 3.63) is 66.2 Å². The molecule has 0 aromatic heterocycles. The minimum Gasteiger partial charge on any atom is -0.478 e. The summed E-state index contributed by atoms with van der Waals surface area (Å²) in [6, 6.07) is 19.0. The van der Waals surface area contributed by atoms with E-state index in [2.05, 4.69) is 0 Å². The predicted octanol–water partition coefficient (Wildman–Crippen LogP) is 2.85. The molecule has 0 saturated heterocycles. The topological polar surface area (TPSA) is 35.5 Å². The second-order valence-corrected chi connectivity index (χ2v) is 4.13. The van der Waals surface area contributed by atoms with Crippen molar-refractivity contribution in [1.82, 2.24) is 0 Å². The summed E-state index contributed by atoms with van der Waals surface area (Å²) in [6.07, 6.45) is -0.141. The Morgan fingerprint density at radius 3 is 2.16 bits per heavy atom. The van der Waals surface area contributed by atoms with Gasteiger partial charge >= 0.3 is 5.97 Å². The van der Waals surface area contributed by atoms with Crippen molar-refractivity contribution < 1.29 is 14.3 Å². The number of rotatable bonds is 5. The Hall–Kier alpha value is -2.29. The van der Waals surface area contributed by atoms with Gasteiger partial charge in [-0.25, -0.2) is 4.79 Å². The number of methoxy groups -OCH3 is 1. The highest BCUT2D eigenvalue weighted by Crippen LogP contribution is 2.14. The van der Waals surface area contributed by atoms with Crippen molar-refractivity contribution in [2.75, 3.05) is 7.11 Å². The number of hydrogen-bond acceptors (Lipinski definition) is 3. The summed E-state index contributed by atoms with van der Waals surface area (Å²) in [6.45, 7) is 0. The van der Waals surface area contributed by atoms with E-state index in [0.717, 1.165) is 5.56 Å². The Balaban J connectivity index is 2.10. The standard InChI is InChI=1S/C16H16O3/c1-18-16(17)15(12-13-8-4-2-5-9-13)19-14-10-6-3-7-11-14/h2-11,15H,12H2,1H3. The maximum absolute atomic E-state index is 11.8. The lowest BCUT2D eigenvalue weighted by Crippen LogP contribution is -2.30. The van der Waals surface area contributed by atoms with Gasteiger partial charge < -0.3 is 9.47 Å². The molecule has 0 radical (unpaired) electrons. The van der Waals surface area contributed by atoms with Crippen LogP contribution in [0.3, 0.4) is 0 Å². The zero-order valence-electron chi connectivity index (χ0n) is 10.8. The smallest absolute Gasteiger partial charge is 0.347 e. The van der Waals surface area contributed by atoms with Gasteiger partial charge in [0.2, 0.25) is 0 Å². The summed E-state index contributed by atoms with van der Waals surface area (Å²) < 4.78 is 10.5. The lowest BCUT2D eigenvalue weighted by atomic mass is 10.1. The number of carbonyl (C=O) groups excluding carboxylic acids is 1. The van der Waals surface area contributed by atoms with Crippen LogP contribution in [0.5, 0.6) is 5.75 Å². The molecular formula is C16H16O3. The number of ether oxygens (including phenoxy) is 2. The molecule has 0 fully saturated rings. The summed E-state index contributed by atoms with van der Waals surface area (Å²) in [5, 5.41) is 0. The van der Waals surface area contributed by atoms with Crippen LogP contribution < -0.4 is 4.74 Å². The minimum atomic E-state index is -0.630. The molecule has 0 heterocycles. The SMILES string of the molecule is COC(=O)C(Cc1ccccc1)Oc1ccccc1. The lowest BCUT2D eigenvalue weighted by molar-refractivity contribution is -0.148. The molecule has 1 unspecified atom stereocenters. The van der Waals surface area contributed by atoms with Crippen LogP contribution in [0.4, 0.5) is 0 Å². The van der Waals surface area contributed by atoms with Crippen molar-refractivity contribution in [3.8, 4) is 5.75 Å². The highest BCUT2D eigenvalue weighted by atomic mass is 16.6. The highest BCUT2D eigenvalue weighted by molar-refractivity contribution is 5.75. The predicted molar refractivity (Wildman–Crippen MR) is 73.0 cm³/mol. The summed E-state index contributed by atoms with van der Waals surface area (Å²) in [4.78, 5) is 11.8. The van der Waals surface area contributed by atoms with Crippen LogP contribution >= 0.6 is 0 Å². The molecule has 0 aliphatic carbocycles. The highest BCUT2D eigenvalue weighted by Gasteiger charge is 2.21. The molecule has 2 aromatic carbocycles. The molecule has 0 saturated carbocycles. The van der Waals surface area contributed by atoms with E-state index >= 15 is 0 Å². The van der Waals surface area contributed by atoms with Crippen molar-refractivity contribution in [3.63, 3.8) is 0 Å². The molecule has 2 aromatic rings. The maximum Gasteiger partial charge on any atom is 0.347 e. The summed E-state index contributed by atoms with van der Waals surface area (Å²) in [7, 11) is 1.37. The van der Waals surface area contributed by atoms with E-state index in [4.69, 9.17) is 9.47 Å². The minimum absolute atomic E-state index is 0.368. The van der Waals surface area contributed by atoms with E-state index in [0.29, 0.717) is 12.2 Å². The summed E-state index contributed by atoms with van der Waals surface area (Å²) >= 11 is 0. The van der Waals surface area contributed by atoms with Crippen LogP contribution in [-0.2, 0) is 16.0 Å². The van der Waals surface area contributed by atoms with Crippen molar-refractivity contribution in [2.45, 2.75) is 12.5 Å². The quantitative estimate of drug-likeness (QED) is 0.772. The second kappa shape index (κ2) is 6.59. The number of carbonyl (C=O) groups is 1. The van der Waals surface area contributed by atoms with Gasteiger partial charge in [-0.15, -0.1) is 0 Å². The largest absolute Gasteiger partial charge is 0.478 e. The fourth-order valence-electron chi connectivity index (χ4n) is 1.80. The summed E-state index contributed by atoms with van der Waals surface area (Å²) in [5.41, 5.74) is 1.04. The first-order valence-electron chi connectivity index (χ1n) is 6.13. The Morgan fingerprint density at radius 2 is 1.58 bits per heavy atom. The van der Waals surface area contributed by atoms with Crippen molar-refractivity contribution in [1.29, 1.82) is 0 Å². The van der Waals surface area contributed by atoms with E-state index < -0.39 is 6.10 Å². The zero-order valence-corrected chi connectivity index (χ0v) is 10.8. The van der Waals surface area contributed by atoms with E-state index in [1.165, 1.54) is 7.11 Å². The van der Waals surface area contributed by atoms with Crippen LogP contribution in [0.1, 0.15) is 5.56 Å². The number of esters is 1. The van der Waals surface area contributed by atoms with Crippen LogP contribution in [0.2, 0.25) is 0 Å². The van der Waals surface area contributed by atoms with Gasteiger partial charge in [-0.1, -0.05) is 48.5 Å². The average Bonchev–Trinajstić information content (AvgIpc) is 2.48. The van der Waals surface area contributed by atoms with Gasteiger partial charge in [0.1, 0.15) is 5.75 Å². The number of benzene rings is 2. The average molecular weight is 256 g/mol.